The van der Waals surface area contributed by atoms with Crippen LogP contribution in [0.4, 0.5) is 5.69 Å². The van der Waals surface area contributed by atoms with Gasteiger partial charge in [-0.1, -0.05) is 12.1 Å². The third kappa shape index (κ3) is 2.43. The molecule has 3 fully saturated rings. The minimum absolute atomic E-state index is 0.0460. The summed E-state index contributed by atoms with van der Waals surface area (Å²) in [5.74, 6) is -0.915. The van der Waals surface area contributed by atoms with Crippen molar-refractivity contribution in [1.82, 2.24) is 0 Å². The molecule has 0 saturated carbocycles. The summed E-state index contributed by atoms with van der Waals surface area (Å²) >= 11 is 0. The van der Waals surface area contributed by atoms with Crippen LogP contribution in [0.1, 0.15) is 19.4 Å². The number of aliphatic hydroxyl groups excluding tert-OH is 1. The number of ether oxygens (including phenoxy) is 4. The number of nitrogens with zero attached hydrogens (tertiary/aromatic N) is 1. The summed E-state index contributed by atoms with van der Waals surface area (Å²) in [5.41, 5.74) is -1.59. The Hall–Kier alpha value is -2.04. The van der Waals surface area contributed by atoms with Gasteiger partial charge in [0.15, 0.2) is 29.9 Å². The van der Waals surface area contributed by atoms with Crippen LogP contribution in [0.2, 0.25) is 0 Å². The van der Waals surface area contributed by atoms with Crippen LogP contribution in [0, 0.1) is 10.1 Å². The lowest BCUT2D eigenvalue weighted by Crippen LogP contribution is -2.49. The minimum atomic E-state index is -1.73. The summed E-state index contributed by atoms with van der Waals surface area (Å²) in [4.78, 5) is 10.7. The molecule has 3 saturated heterocycles. The van der Waals surface area contributed by atoms with Gasteiger partial charge in [-0.25, -0.2) is 0 Å². The van der Waals surface area contributed by atoms with Gasteiger partial charge < -0.3 is 29.2 Å². The standard InChI is InChI=1S/C17H19NO8/c1-16(2)25-14-15(26-16)24-13-11(8-19)23-12(17(13,14)20)7-9-5-3-4-6-10(9)18(21)22/h3-7,11,13-15,19-20H,8H2,1-2H3/b12-7-/t11-,13+,14-,15+,17+/m0/s1. The molecule has 3 aliphatic heterocycles. The fourth-order valence-corrected chi connectivity index (χ4v) is 3.71. The van der Waals surface area contributed by atoms with Crippen LogP contribution in [-0.2, 0) is 18.9 Å². The smallest absolute Gasteiger partial charge is 0.276 e. The molecular formula is C17H19NO8. The summed E-state index contributed by atoms with van der Waals surface area (Å²) < 4.78 is 22.9. The van der Waals surface area contributed by atoms with E-state index in [1.54, 1.807) is 32.0 Å². The predicted molar refractivity (Wildman–Crippen MR) is 86.7 cm³/mol. The number of hydrogen-bond donors (Lipinski definition) is 2. The van der Waals surface area contributed by atoms with Crippen molar-refractivity contribution in [2.45, 2.75) is 49.8 Å². The molecule has 3 heterocycles. The Morgan fingerprint density at radius 3 is 2.69 bits per heavy atom. The second-order valence-electron chi connectivity index (χ2n) is 6.97. The highest BCUT2D eigenvalue weighted by Crippen LogP contribution is 2.52. The number of nitro groups is 1. The summed E-state index contributed by atoms with van der Waals surface area (Å²) in [6, 6.07) is 6.10. The van der Waals surface area contributed by atoms with E-state index in [9.17, 15) is 20.3 Å². The maximum absolute atomic E-state index is 11.4. The Morgan fingerprint density at radius 2 is 2.00 bits per heavy atom. The highest BCUT2D eigenvalue weighted by molar-refractivity contribution is 5.64. The second kappa shape index (κ2) is 5.73. The zero-order chi connectivity index (χ0) is 18.7. The van der Waals surface area contributed by atoms with Crippen LogP contribution < -0.4 is 0 Å². The molecule has 0 spiro atoms. The fraction of sp³-hybridized carbons (Fsp3) is 0.529. The van der Waals surface area contributed by atoms with E-state index in [4.69, 9.17) is 18.9 Å². The average molecular weight is 365 g/mol. The Kier molecular flexibility index (Phi) is 3.83. The van der Waals surface area contributed by atoms with Gasteiger partial charge in [0.1, 0.15) is 11.9 Å². The molecule has 9 heteroatoms. The van der Waals surface area contributed by atoms with E-state index in [1.165, 1.54) is 12.1 Å². The molecule has 0 unspecified atom stereocenters. The zero-order valence-corrected chi connectivity index (χ0v) is 14.2. The summed E-state index contributed by atoms with van der Waals surface area (Å²) in [6.07, 6.45) is -2.07. The van der Waals surface area contributed by atoms with Gasteiger partial charge in [0.05, 0.1) is 17.1 Å². The number of hydrogen-bond acceptors (Lipinski definition) is 8. The number of rotatable bonds is 3. The molecule has 9 nitrogen and oxygen atoms in total. The molecule has 0 aliphatic carbocycles. The van der Waals surface area contributed by atoms with Crippen molar-refractivity contribution in [3.63, 3.8) is 0 Å². The second-order valence-corrected chi connectivity index (χ2v) is 6.97. The van der Waals surface area contributed by atoms with E-state index < -0.39 is 47.5 Å². The van der Waals surface area contributed by atoms with E-state index >= 15 is 0 Å². The van der Waals surface area contributed by atoms with Crippen LogP contribution in [0.3, 0.4) is 0 Å². The van der Waals surface area contributed by atoms with E-state index in [2.05, 4.69) is 0 Å². The first-order valence-corrected chi connectivity index (χ1v) is 8.23. The molecule has 2 N–H and O–H groups in total. The van der Waals surface area contributed by atoms with Crippen molar-refractivity contribution in [2.24, 2.45) is 0 Å². The van der Waals surface area contributed by atoms with E-state index in [-0.39, 0.29) is 17.0 Å². The summed E-state index contributed by atoms with van der Waals surface area (Å²) in [6.45, 7) is 2.99. The average Bonchev–Trinajstić information content (AvgIpc) is 3.13. The van der Waals surface area contributed by atoms with Gasteiger partial charge in [-0.3, -0.25) is 10.1 Å². The largest absolute Gasteiger partial charge is 0.486 e. The normalized spacial score (nSPS) is 38.8. The molecule has 0 radical (unpaired) electrons. The van der Waals surface area contributed by atoms with Crippen molar-refractivity contribution in [1.29, 1.82) is 0 Å². The molecule has 0 bridgehead atoms. The molecule has 4 rings (SSSR count). The number of para-hydroxylation sites is 1. The molecule has 140 valence electrons. The van der Waals surface area contributed by atoms with Gasteiger partial charge in [0, 0.05) is 6.07 Å². The molecular weight excluding hydrogens is 346 g/mol. The predicted octanol–water partition coefficient (Wildman–Crippen LogP) is 0.934. The summed E-state index contributed by atoms with van der Waals surface area (Å²) in [5, 5.41) is 32.2. The van der Waals surface area contributed by atoms with Crippen LogP contribution in [0.5, 0.6) is 0 Å². The highest BCUT2D eigenvalue weighted by atomic mass is 16.8. The molecule has 1 aromatic carbocycles. The van der Waals surface area contributed by atoms with Crippen LogP contribution in [-0.4, -0.2) is 57.7 Å². The first-order chi connectivity index (χ1) is 12.3. The molecule has 26 heavy (non-hydrogen) atoms. The molecule has 0 aromatic heterocycles. The lowest BCUT2D eigenvalue weighted by molar-refractivity contribution is -0.385. The van der Waals surface area contributed by atoms with Crippen molar-refractivity contribution in [3.05, 3.63) is 45.7 Å². The zero-order valence-electron chi connectivity index (χ0n) is 14.2. The van der Waals surface area contributed by atoms with Crippen molar-refractivity contribution in [2.75, 3.05) is 6.61 Å². The van der Waals surface area contributed by atoms with Gasteiger partial charge in [-0.2, -0.15) is 0 Å². The van der Waals surface area contributed by atoms with Crippen molar-refractivity contribution in [3.8, 4) is 0 Å². The van der Waals surface area contributed by atoms with E-state index in [1.807, 2.05) is 0 Å². The third-order valence-corrected chi connectivity index (χ3v) is 4.82. The quantitative estimate of drug-likeness (QED) is 0.600. The number of fused-ring (bicyclic) bond motifs is 3. The summed E-state index contributed by atoms with van der Waals surface area (Å²) in [7, 11) is 0. The van der Waals surface area contributed by atoms with Gasteiger partial charge in [-0.15, -0.1) is 0 Å². The first-order valence-electron chi connectivity index (χ1n) is 8.23. The lowest BCUT2D eigenvalue weighted by atomic mass is 9.89. The number of benzene rings is 1. The van der Waals surface area contributed by atoms with E-state index in [0.717, 1.165) is 0 Å². The SMILES string of the molecule is CC1(C)O[C@H]2O[C@@H]3[C@H](CO)O/C(=C\c4ccccc4[N+](=O)[O-])[C@]3(O)[C@H]2O1. The Morgan fingerprint density at radius 1 is 1.27 bits per heavy atom. The Balaban J connectivity index is 1.78. The van der Waals surface area contributed by atoms with Crippen LogP contribution in [0.25, 0.3) is 6.08 Å². The van der Waals surface area contributed by atoms with Gasteiger partial charge in [0.2, 0.25) is 0 Å². The van der Waals surface area contributed by atoms with Crippen molar-refractivity contribution >= 4 is 11.8 Å². The Bertz CT molecular complexity index is 778. The van der Waals surface area contributed by atoms with Gasteiger partial charge in [-0.05, 0) is 26.0 Å². The fourth-order valence-electron chi connectivity index (χ4n) is 3.71. The first kappa shape index (κ1) is 17.4. The van der Waals surface area contributed by atoms with Crippen LogP contribution in [0.15, 0.2) is 30.0 Å². The van der Waals surface area contributed by atoms with E-state index in [0.29, 0.717) is 0 Å². The monoisotopic (exact) mass is 365 g/mol. The van der Waals surface area contributed by atoms with Gasteiger partial charge >= 0.3 is 0 Å². The lowest BCUT2D eigenvalue weighted by Gasteiger charge is -2.27. The van der Waals surface area contributed by atoms with Crippen molar-refractivity contribution < 1.29 is 34.1 Å². The topological polar surface area (TPSA) is 121 Å². The molecule has 1 aromatic rings. The molecule has 0 amide bonds. The Labute approximate surface area is 148 Å². The molecule has 5 atom stereocenters. The van der Waals surface area contributed by atoms with Crippen LogP contribution >= 0.6 is 0 Å². The van der Waals surface area contributed by atoms with Gasteiger partial charge in [0.25, 0.3) is 5.69 Å². The maximum Gasteiger partial charge on any atom is 0.276 e. The molecule has 3 aliphatic rings. The number of aliphatic hydroxyl groups is 2. The highest BCUT2D eigenvalue weighted by Gasteiger charge is 2.70. The minimum Gasteiger partial charge on any atom is -0.486 e. The maximum atomic E-state index is 11.4. The number of nitro benzene ring substituents is 1. The third-order valence-electron chi connectivity index (χ3n) is 4.82.